The average Bonchev–Trinajstić information content (AvgIpc) is 3.14. The van der Waals surface area contributed by atoms with Crippen LogP contribution in [0.4, 0.5) is 0 Å². The minimum absolute atomic E-state index is 0.0861. The molecule has 1 amide bonds. The topological polar surface area (TPSA) is 38.8 Å². The third kappa shape index (κ3) is 1.92. The number of amides is 1. The molecule has 4 nitrogen and oxygen atoms in total. The van der Waals surface area contributed by atoms with Crippen LogP contribution in [0, 0.1) is 0 Å². The molecule has 2 heterocycles. The lowest BCUT2D eigenvalue weighted by molar-refractivity contribution is -0.141. The van der Waals surface area contributed by atoms with E-state index in [0.717, 1.165) is 11.1 Å². The van der Waals surface area contributed by atoms with Gasteiger partial charge in [0, 0.05) is 11.6 Å². The highest BCUT2D eigenvalue weighted by atomic mass is 16.6. The van der Waals surface area contributed by atoms with Crippen molar-refractivity contribution < 1.29 is 14.3 Å². The van der Waals surface area contributed by atoms with Gasteiger partial charge >= 0.3 is 0 Å². The fraction of sp³-hybridized carbons (Fsp3) is 0.211. The molecule has 1 fully saturated rings. The number of methoxy groups -OCH3 is 1. The standard InChI is InChI=1S/C19H17NO3/c1-22-17-12-18(21)20-16(14-8-4-2-5-9-14)13-23-19(17,20)15-10-6-3-7-11-15/h2-12,16H,13H2,1H3/t16-,19-/m1/s1. The molecule has 2 aliphatic heterocycles. The molecular formula is C19H17NO3. The molecule has 0 spiro atoms. The first-order valence-electron chi connectivity index (χ1n) is 7.61. The van der Waals surface area contributed by atoms with Crippen LogP contribution in [0.1, 0.15) is 17.2 Å². The molecule has 116 valence electrons. The summed E-state index contributed by atoms with van der Waals surface area (Å²) >= 11 is 0. The van der Waals surface area contributed by atoms with Crippen LogP contribution in [0.25, 0.3) is 0 Å². The van der Waals surface area contributed by atoms with E-state index in [1.54, 1.807) is 12.0 Å². The predicted molar refractivity (Wildman–Crippen MR) is 85.2 cm³/mol. The maximum Gasteiger partial charge on any atom is 0.253 e. The largest absolute Gasteiger partial charge is 0.495 e. The molecule has 0 unspecified atom stereocenters. The Morgan fingerprint density at radius 3 is 2.39 bits per heavy atom. The van der Waals surface area contributed by atoms with Crippen LogP contribution in [0.5, 0.6) is 0 Å². The second kappa shape index (κ2) is 5.25. The quantitative estimate of drug-likeness (QED) is 0.875. The van der Waals surface area contributed by atoms with Crippen LogP contribution < -0.4 is 0 Å². The zero-order valence-corrected chi connectivity index (χ0v) is 12.8. The van der Waals surface area contributed by atoms with E-state index in [1.165, 1.54) is 6.08 Å². The van der Waals surface area contributed by atoms with Crippen LogP contribution in [0.3, 0.4) is 0 Å². The molecule has 2 aromatic carbocycles. The lowest BCUT2D eigenvalue weighted by atomic mass is 9.99. The molecule has 1 saturated heterocycles. The number of rotatable bonds is 3. The molecule has 2 aromatic rings. The van der Waals surface area contributed by atoms with E-state index in [-0.39, 0.29) is 11.9 Å². The second-order valence-electron chi connectivity index (χ2n) is 5.67. The summed E-state index contributed by atoms with van der Waals surface area (Å²) in [6.45, 7) is 0.436. The van der Waals surface area contributed by atoms with Crippen molar-refractivity contribution in [3.05, 3.63) is 83.6 Å². The third-order valence-electron chi connectivity index (χ3n) is 4.50. The van der Waals surface area contributed by atoms with Crippen molar-refractivity contribution in [3.8, 4) is 0 Å². The summed E-state index contributed by atoms with van der Waals surface area (Å²) in [5.74, 6) is 0.448. The molecule has 4 heteroatoms. The normalized spacial score (nSPS) is 26.1. The highest BCUT2D eigenvalue weighted by Gasteiger charge is 2.58. The molecular weight excluding hydrogens is 290 g/mol. The summed E-state index contributed by atoms with van der Waals surface area (Å²) in [5.41, 5.74) is 0.995. The summed E-state index contributed by atoms with van der Waals surface area (Å²) in [5, 5.41) is 0. The molecule has 0 aromatic heterocycles. The van der Waals surface area contributed by atoms with Gasteiger partial charge < -0.3 is 9.47 Å². The molecule has 23 heavy (non-hydrogen) atoms. The SMILES string of the molecule is COC1=CC(=O)N2[C@@H](c3ccccc3)CO[C@]12c1ccccc1. The van der Waals surface area contributed by atoms with Gasteiger partial charge in [-0.05, 0) is 5.56 Å². The maximum atomic E-state index is 12.7. The van der Waals surface area contributed by atoms with E-state index in [2.05, 4.69) is 0 Å². The number of carbonyl (C=O) groups is 1. The molecule has 4 rings (SSSR count). The molecule has 2 atom stereocenters. The van der Waals surface area contributed by atoms with Gasteiger partial charge in [-0.3, -0.25) is 9.69 Å². The highest BCUT2D eigenvalue weighted by molar-refractivity contribution is 5.93. The van der Waals surface area contributed by atoms with Gasteiger partial charge in [0.15, 0.2) is 5.76 Å². The van der Waals surface area contributed by atoms with E-state index >= 15 is 0 Å². The number of ether oxygens (including phenoxy) is 2. The van der Waals surface area contributed by atoms with E-state index in [9.17, 15) is 4.79 Å². The summed E-state index contributed by atoms with van der Waals surface area (Å²) in [6.07, 6.45) is 1.53. The Balaban J connectivity index is 1.85. The number of nitrogens with zero attached hydrogens (tertiary/aromatic N) is 1. The van der Waals surface area contributed by atoms with Gasteiger partial charge in [-0.15, -0.1) is 0 Å². The van der Waals surface area contributed by atoms with Gasteiger partial charge in [-0.2, -0.15) is 0 Å². The highest BCUT2D eigenvalue weighted by Crippen LogP contribution is 2.51. The zero-order chi connectivity index (χ0) is 15.9. The van der Waals surface area contributed by atoms with Gasteiger partial charge in [0.25, 0.3) is 5.91 Å². The van der Waals surface area contributed by atoms with Gasteiger partial charge in [0.2, 0.25) is 5.72 Å². The van der Waals surface area contributed by atoms with Crippen LogP contribution >= 0.6 is 0 Å². The van der Waals surface area contributed by atoms with E-state index in [0.29, 0.717) is 12.4 Å². The van der Waals surface area contributed by atoms with Crippen LogP contribution in [-0.2, 0) is 20.0 Å². The minimum Gasteiger partial charge on any atom is -0.495 e. The van der Waals surface area contributed by atoms with Crippen molar-refractivity contribution in [3.63, 3.8) is 0 Å². The molecule has 0 aliphatic carbocycles. The fourth-order valence-electron chi connectivity index (χ4n) is 3.49. The first-order chi connectivity index (χ1) is 11.3. The van der Waals surface area contributed by atoms with Crippen molar-refractivity contribution in [2.24, 2.45) is 0 Å². The zero-order valence-electron chi connectivity index (χ0n) is 12.8. The number of fused-ring (bicyclic) bond motifs is 1. The molecule has 2 aliphatic rings. The average molecular weight is 307 g/mol. The Hall–Kier alpha value is -2.59. The van der Waals surface area contributed by atoms with E-state index in [4.69, 9.17) is 9.47 Å². The molecule has 0 N–H and O–H groups in total. The van der Waals surface area contributed by atoms with Crippen LogP contribution in [-0.4, -0.2) is 24.5 Å². The van der Waals surface area contributed by atoms with Crippen molar-refractivity contribution in [1.29, 1.82) is 0 Å². The van der Waals surface area contributed by atoms with E-state index < -0.39 is 5.72 Å². The molecule has 0 radical (unpaired) electrons. The fourth-order valence-corrected chi connectivity index (χ4v) is 3.49. The first kappa shape index (κ1) is 14.0. The Kier molecular flexibility index (Phi) is 3.20. The number of hydrogen-bond acceptors (Lipinski definition) is 3. The van der Waals surface area contributed by atoms with Crippen molar-refractivity contribution in [2.75, 3.05) is 13.7 Å². The maximum absolute atomic E-state index is 12.7. The summed E-state index contributed by atoms with van der Waals surface area (Å²) in [4.78, 5) is 14.5. The number of benzene rings is 2. The van der Waals surface area contributed by atoms with E-state index in [1.807, 2.05) is 60.7 Å². The summed E-state index contributed by atoms with van der Waals surface area (Å²) in [7, 11) is 1.58. The van der Waals surface area contributed by atoms with Crippen molar-refractivity contribution >= 4 is 5.91 Å². The van der Waals surface area contributed by atoms with Crippen LogP contribution in [0.2, 0.25) is 0 Å². The molecule has 0 bridgehead atoms. The Morgan fingerprint density at radius 1 is 1.09 bits per heavy atom. The Labute approximate surface area is 134 Å². The van der Waals surface area contributed by atoms with Gasteiger partial charge in [-0.1, -0.05) is 60.7 Å². The first-order valence-corrected chi connectivity index (χ1v) is 7.61. The monoisotopic (exact) mass is 307 g/mol. The lowest BCUT2D eigenvalue weighted by Gasteiger charge is -2.35. The third-order valence-corrected chi connectivity index (χ3v) is 4.50. The van der Waals surface area contributed by atoms with Gasteiger partial charge in [0.05, 0.1) is 19.8 Å². The Morgan fingerprint density at radius 2 is 1.74 bits per heavy atom. The Bertz CT molecular complexity index is 757. The van der Waals surface area contributed by atoms with Gasteiger partial charge in [0.1, 0.15) is 0 Å². The summed E-state index contributed by atoms with van der Waals surface area (Å²) < 4.78 is 11.7. The predicted octanol–water partition coefficient (Wildman–Crippen LogP) is 2.98. The smallest absolute Gasteiger partial charge is 0.253 e. The van der Waals surface area contributed by atoms with Crippen LogP contribution in [0.15, 0.2) is 72.5 Å². The minimum atomic E-state index is -0.965. The summed E-state index contributed by atoms with van der Waals surface area (Å²) in [6, 6.07) is 19.6. The van der Waals surface area contributed by atoms with Crippen molar-refractivity contribution in [1.82, 2.24) is 4.90 Å². The van der Waals surface area contributed by atoms with Gasteiger partial charge in [-0.25, -0.2) is 0 Å². The number of carbonyl (C=O) groups excluding carboxylic acids is 1. The van der Waals surface area contributed by atoms with Crippen molar-refractivity contribution in [2.45, 2.75) is 11.8 Å². The second-order valence-corrected chi connectivity index (χ2v) is 5.67. The lowest BCUT2D eigenvalue weighted by Crippen LogP contribution is -2.43. The number of hydrogen-bond donors (Lipinski definition) is 0. The molecule has 0 saturated carbocycles.